The van der Waals surface area contributed by atoms with Gasteiger partial charge in [0.2, 0.25) is 10.0 Å². The van der Waals surface area contributed by atoms with Gasteiger partial charge in [0.05, 0.1) is 6.26 Å². The summed E-state index contributed by atoms with van der Waals surface area (Å²) in [5.41, 5.74) is 1.71. The van der Waals surface area contributed by atoms with Gasteiger partial charge >= 0.3 is 6.03 Å². The topological polar surface area (TPSA) is 91.0 Å². The molecule has 0 radical (unpaired) electrons. The average Bonchev–Trinajstić information content (AvgIpc) is 2.90. The van der Waals surface area contributed by atoms with Crippen LogP contribution in [0.5, 0.6) is 11.5 Å². The molecule has 1 aliphatic rings. The summed E-state index contributed by atoms with van der Waals surface area (Å²) in [5.74, 6) is -0.192. The van der Waals surface area contributed by atoms with E-state index in [1.54, 1.807) is 29.2 Å². The van der Waals surface area contributed by atoms with Crippen molar-refractivity contribution in [1.82, 2.24) is 9.80 Å². The number of likely N-dealkylation sites (tertiary alicyclic amines) is 1. The number of nitrogens with zero attached hydrogens (tertiary/aromatic N) is 2. The van der Waals surface area contributed by atoms with Crippen molar-refractivity contribution in [3.05, 3.63) is 83.9 Å². The highest BCUT2D eigenvalue weighted by Gasteiger charge is 2.28. The second kappa shape index (κ2) is 13.8. The first-order valence-electron chi connectivity index (χ1n) is 13.7. The average molecular weight is 587 g/mol. The number of unbranched alkanes of at least 4 members (excludes halogenated alkanes) is 1. The largest absolute Gasteiger partial charge is 0.457 e. The van der Waals surface area contributed by atoms with E-state index in [1.165, 1.54) is 0 Å². The molecule has 1 saturated heterocycles. The highest BCUT2D eigenvalue weighted by molar-refractivity contribution is 7.92. The lowest BCUT2D eigenvalue weighted by atomic mass is 10.0. The number of nitrogens with one attached hydrogen (secondary N) is 2. The summed E-state index contributed by atoms with van der Waals surface area (Å²) >= 11 is 0. The second-order valence-electron chi connectivity index (χ2n) is 10.3. The summed E-state index contributed by atoms with van der Waals surface area (Å²) in [7, 11) is -3.33. The van der Waals surface area contributed by atoms with Gasteiger partial charge in [-0.2, -0.15) is 0 Å². The van der Waals surface area contributed by atoms with Crippen molar-refractivity contribution in [1.29, 1.82) is 0 Å². The molecular formula is C30H36F2N4O4S. The molecule has 2 amide bonds. The highest BCUT2D eigenvalue weighted by atomic mass is 32.2. The predicted molar refractivity (Wildman–Crippen MR) is 157 cm³/mol. The standard InChI is InChI=1S/C30H36F2N4O4S/c1-3-4-15-36(30(37)33-26-19-23(31)18-24(32)20-26)27-13-16-35(17-14-27)21-22-5-9-28(10-6-22)40-29-11-7-25(8-12-29)34-41(2,38)39/h5-12,18-20,27,34H,3-4,13-17,21H2,1-2H3,(H,33,37). The number of halogens is 2. The van der Waals surface area contributed by atoms with Gasteiger partial charge in [-0.3, -0.25) is 9.62 Å². The zero-order chi connectivity index (χ0) is 29.4. The normalized spacial score (nSPS) is 14.4. The number of sulfonamides is 1. The van der Waals surface area contributed by atoms with Crippen molar-refractivity contribution in [3.8, 4) is 11.5 Å². The van der Waals surface area contributed by atoms with Gasteiger partial charge in [0.25, 0.3) is 0 Å². The maximum absolute atomic E-state index is 13.6. The molecular weight excluding hydrogens is 550 g/mol. The van der Waals surface area contributed by atoms with E-state index in [0.717, 1.165) is 75.3 Å². The van der Waals surface area contributed by atoms with Crippen molar-refractivity contribution in [3.63, 3.8) is 0 Å². The van der Waals surface area contributed by atoms with Gasteiger partial charge in [-0.05, 0) is 73.4 Å². The van der Waals surface area contributed by atoms with Crippen LogP contribution in [-0.4, -0.2) is 56.2 Å². The molecule has 41 heavy (non-hydrogen) atoms. The number of benzene rings is 3. The Hall–Kier alpha value is -3.70. The number of rotatable bonds is 11. The first-order chi connectivity index (χ1) is 19.6. The van der Waals surface area contributed by atoms with E-state index in [2.05, 4.69) is 21.9 Å². The van der Waals surface area contributed by atoms with Crippen LogP contribution in [-0.2, 0) is 16.6 Å². The summed E-state index contributed by atoms with van der Waals surface area (Å²) in [6.07, 6.45) is 4.49. The third-order valence-corrected chi connectivity index (χ3v) is 7.45. The van der Waals surface area contributed by atoms with Crippen molar-refractivity contribution in [2.24, 2.45) is 0 Å². The zero-order valence-electron chi connectivity index (χ0n) is 23.3. The lowest BCUT2D eigenvalue weighted by Gasteiger charge is -2.38. The van der Waals surface area contributed by atoms with E-state index < -0.39 is 21.7 Å². The van der Waals surface area contributed by atoms with Crippen LogP contribution in [0.2, 0.25) is 0 Å². The minimum Gasteiger partial charge on any atom is -0.457 e. The molecule has 1 fully saturated rings. The molecule has 220 valence electrons. The van der Waals surface area contributed by atoms with Crippen LogP contribution in [0.15, 0.2) is 66.7 Å². The molecule has 2 N–H and O–H groups in total. The molecule has 3 aromatic rings. The Labute approximate surface area is 240 Å². The number of carbonyl (C=O) groups is 1. The number of ether oxygens (including phenoxy) is 1. The summed E-state index contributed by atoms with van der Waals surface area (Å²) in [5, 5.41) is 2.67. The molecule has 0 saturated carbocycles. The van der Waals surface area contributed by atoms with E-state index in [4.69, 9.17) is 4.74 Å². The summed E-state index contributed by atoms with van der Waals surface area (Å²) in [4.78, 5) is 17.2. The first kappa shape index (κ1) is 30.3. The van der Waals surface area contributed by atoms with Crippen LogP contribution in [0, 0.1) is 11.6 Å². The van der Waals surface area contributed by atoms with E-state index in [-0.39, 0.29) is 17.8 Å². The lowest BCUT2D eigenvalue weighted by Crippen LogP contribution is -2.49. The fourth-order valence-electron chi connectivity index (χ4n) is 4.85. The van der Waals surface area contributed by atoms with Crippen molar-refractivity contribution in [2.45, 2.75) is 45.2 Å². The molecule has 1 aliphatic heterocycles. The van der Waals surface area contributed by atoms with E-state index in [9.17, 15) is 22.0 Å². The third-order valence-electron chi connectivity index (χ3n) is 6.85. The number of piperidine rings is 1. The quantitative estimate of drug-likeness (QED) is 0.270. The fraction of sp³-hybridized carbons (Fsp3) is 0.367. The predicted octanol–water partition coefficient (Wildman–Crippen LogP) is 6.43. The minimum atomic E-state index is -3.33. The monoisotopic (exact) mass is 586 g/mol. The summed E-state index contributed by atoms with van der Waals surface area (Å²) in [6, 6.07) is 17.2. The highest BCUT2D eigenvalue weighted by Crippen LogP contribution is 2.25. The second-order valence-corrected chi connectivity index (χ2v) is 12.0. The Balaban J connectivity index is 1.28. The number of urea groups is 1. The van der Waals surface area contributed by atoms with Gasteiger partial charge in [0, 0.05) is 49.7 Å². The molecule has 4 rings (SSSR count). The number of anilines is 2. The Kier molecular flexibility index (Phi) is 10.2. The molecule has 0 spiro atoms. The molecule has 1 heterocycles. The molecule has 0 aromatic heterocycles. The first-order valence-corrected chi connectivity index (χ1v) is 15.6. The maximum atomic E-state index is 13.6. The van der Waals surface area contributed by atoms with Gasteiger partial charge in [0.1, 0.15) is 23.1 Å². The van der Waals surface area contributed by atoms with Crippen LogP contribution in [0.4, 0.5) is 25.0 Å². The molecule has 0 bridgehead atoms. The molecule has 0 unspecified atom stereocenters. The zero-order valence-corrected chi connectivity index (χ0v) is 24.1. The smallest absolute Gasteiger partial charge is 0.322 e. The van der Waals surface area contributed by atoms with E-state index >= 15 is 0 Å². The minimum absolute atomic E-state index is 0.0472. The van der Waals surface area contributed by atoms with Gasteiger partial charge < -0.3 is 15.0 Å². The lowest BCUT2D eigenvalue weighted by molar-refractivity contribution is 0.122. The van der Waals surface area contributed by atoms with Gasteiger partial charge in [-0.25, -0.2) is 22.0 Å². The van der Waals surface area contributed by atoms with E-state index in [1.807, 2.05) is 24.3 Å². The number of hydrogen-bond acceptors (Lipinski definition) is 5. The Bertz CT molecular complexity index is 1390. The van der Waals surface area contributed by atoms with E-state index in [0.29, 0.717) is 23.7 Å². The van der Waals surface area contributed by atoms with Crippen LogP contribution in [0.25, 0.3) is 0 Å². The Morgan fingerprint density at radius 1 is 0.951 bits per heavy atom. The Morgan fingerprint density at radius 3 is 2.10 bits per heavy atom. The van der Waals surface area contributed by atoms with Gasteiger partial charge in [-0.1, -0.05) is 25.5 Å². The molecule has 3 aromatic carbocycles. The maximum Gasteiger partial charge on any atom is 0.322 e. The Morgan fingerprint density at radius 2 is 1.54 bits per heavy atom. The van der Waals surface area contributed by atoms with Crippen molar-refractivity contribution in [2.75, 3.05) is 35.9 Å². The molecule has 11 heteroatoms. The van der Waals surface area contributed by atoms with Crippen LogP contribution in [0.1, 0.15) is 38.2 Å². The van der Waals surface area contributed by atoms with Crippen LogP contribution < -0.4 is 14.8 Å². The summed E-state index contributed by atoms with van der Waals surface area (Å²) < 4.78 is 58.2. The van der Waals surface area contributed by atoms with Crippen LogP contribution in [0.3, 0.4) is 0 Å². The van der Waals surface area contributed by atoms with Gasteiger partial charge in [-0.15, -0.1) is 0 Å². The molecule has 0 aliphatic carbocycles. The number of amides is 2. The number of carbonyl (C=O) groups excluding carboxylic acids is 1. The third kappa shape index (κ3) is 9.43. The molecule has 8 nitrogen and oxygen atoms in total. The fourth-order valence-corrected chi connectivity index (χ4v) is 5.42. The van der Waals surface area contributed by atoms with Crippen LogP contribution >= 0.6 is 0 Å². The van der Waals surface area contributed by atoms with Crippen molar-refractivity contribution < 1.29 is 26.7 Å². The van der Waals surface area contributed by atoms with Gasteiger partial charge in [0.15, 0.2) is 0 Å². The van der Waals surface area contributed by atoms with Crippen molar-refractivity contribution >= 4 is 27.4 Å². The number of hydrogen-bond donors (Lipinski definition) is 2. The molecule has 0 atom stereocenters. The SMILES string of the molecule is CCCCN(C(=O)Nc1cc(F)cc(F)c1)C1CCN(Cc2ccc(Oc3ccc(NS(C)(=O)=O)cc3)cc2)CC1. The summed E-state index contributed by atoms with van der Waals surface area (Å²) in [6.45, 7) is 5.06.